The van der Waals surface area contributed by atoms with Crippen LogP contribution in [0.1, 0.15) is 57.6 Å². The second kappa shape index (κ2) is 18.8. The molecule has 4 heterocycles. The number of carbonyl (C=O) groups excluding carboxylic acids is 2. The van der Waals surface area contributed by atoms with E-state index in [-0.39, 0.29) is 25.5 Å². The molecule has 3 fully saturated rings. The normalized spacial score (nSPS) is 18.5. The van der Waals surface area contributed by atoms with Crippen molar-refractivity contribution < 1.29 is 42.8 Å². The third-order valence-corrected chi connectivity index (χ3v) is 10.0. The summed E-state index contributed by atoms with van der Waals surface area (Å²) >= 11 is 12.9. The average Bonchev–Trinajstić information content (AvgIpc) is 3.16. The van der Waals surface area contributed by atoms with Crippen molar-refractivity contribution in [1.82, 2.24) is 15.2 Å². The van der Waals surface area contributed by atoms with Crippen LogP contribution < -0.4 is 14.8 Å². The second-order valence-corrected chi connectivity index (χ2v) is 13.4. The Morgan fingerprint density at radius 1 is 0.981 bits per heavy atom. The zero-order chi connectivity index (χ0) is 37.9. The van der Waals surface area contributed by atoms with E-state index in [1.165, 1.54) is 38.7 Å². The number of piperidine rings is 3. The van der Waals surface area contributed by atoms with Crippen LogP contribution in [-0.4, -0.2) is 73.4 Å². The average molecular weight is 769 g/mol. The number of pyridine rings is 1. The Balaban J connectivity index is 0.00000175. The van der Waals surface area contributed by atoms with E-state index in [4.69, 9.17) is 52.1 Å². The lowest BCUT2D eigenvalue weighted by molar-refractivity contribution is -0.161. The van der Waals surface area contributed by atoms with Crippen LogP contribution in [0.25, 0.3) is 0 Å². The molecule has 280 valence electrons. The van der Waals surface area contributed by atoms with Gasteiger partial charge >= 0.3 is 11.9 Å². The van der Waals surface area contributed by atoms with Crippen molar-refractivity contribution in [2.24, 2.45) is 5.92 Å². The highest BCUT2D eigenvalue weighted by Gasteiger charge is 2.38. The summed E-state index contributed by atoms with van der Waals surface area (Å²) in [5, 5.41) is 10.8. The highest BCUT2D eigenvalue weighted by molar-refractivity contribution is 6.35. The van der Waals surface area contributed by atoms with Gasteiger partial charge in [0.15, 0.2) is 11.5 Å². The van der Waals surface area contributed by atoms with Crippen molar-refractivity contribution in [3.05, 3.63) is 123 Å². The molecule has 3 aliphatic rings. The number of halogens is 3. The topological polar surface area (TPSA) is 137 Å². The summed E-state index contributed by atoms with van der Waals surface area (Å²) in [5.74, 6) is -0.104. The molecule has 7 rings (SSSR count). The van der Waals surface area contributed by atoms with Gasteiger partial charge in [0.25, 0.3) is 6.47 Å². The lowest BCUT2D eigenvalue weighted by atomic mass is 9.86. The van der Waals surface area contributed by atoms with Gasteiger partial charge in [-0.15, -0.1) is 0 Å². The summed E-state index contributed by atoms with van der Waals surface area (Å²) in [4.78, 5) is 41.7. The molecule has 3 aliphatic heterocycles. The maximum Gasteiger partial charge on any atom is 0.338 e. The maximum absolute atomic E-state index is 14.2. The number of nitrogens with zero attached hydrogens (tertiary/aromatic N) is 2. The highest BCUT2D eigenvalue weighted by Crippen LogP contribution is 2.36. The number of hydrogen-bond donors (Lipinski definition) is 2. The van der Waals surface area contributed by atoms with E-state index in [9.17, 15) is 14.0 Å². The highest BCUT2D eigenvalue weighted by atomic mass is 35.5. The van der Waals surface area contributed by atoms with E-state index < -0.39 is 29.9 Å². The van der Waals surface area contributed by atoms with Crippen LogP contribution in [0.4, 0.5) is 4.39 Å². The van der Waals surface area contributed by atoms with Gasteiger partial charge in [0, 0.05) is 31.9 Å². The number of methoxy groups -OCH3 is 2. The van der Waals surface area contributed by atoms with Crippen LogP contribution in [0.5, 0.6) is 11.5 Å². The van der Waals surface area contributed by atoms with Gasteiger partial charge in [-0.1, -0.05) is 53.5 Å². The number of esters is 2. The van der Waals surface area contributed by atoms with E-state index in [0.717, 1.165) is 38.0 Å². The minimum atomic E-state index is -0.875. The zero-order valence-electron chi connectivity index (χ0n) is 29.2. The predicted molar refractivity (Wildman–Crippen MR) is 196 cm³/mol. The summed E-state index contributed by atoms with van der Waals surface area (Å²) in [6, 6.07) is 17.2. The molecule has 0 aliphatic carbocycles. The number of benzene rings is 3. The fraction of sp³-hybridized carbons (Fsp3) is 0.333. The van der Waals surface area contributed by atoms with E-state index >= 15 is 0 Å². The van der Waals surface area contributed by atoms with Crippen molar-refractivity contribution in [3.8, 4) is 11.5 Å². The number of ether oxygens (including phenoxy) is 4. The first-order valence-electron chi connectivity index (χ1n) is 16.9. The predicted octanol–water partition coefficient (Wildman–Crippen LogP) is 6.85. The summed E-state index contributed by atoms with van der Waals surface area (Å²) in [6.07, 6.45) is 4.20. The van der Waals surface area contributed by atoms with Crippen LogP contribution in [0, 0.1) is 11.7 Å². The number of fused-ring (bicyclic) bond motifs is 3. The molecule has 0 amide bonds. The molecule has 3 atom stereocenters. The third-order valence-electron chi connectivity index (χ3n) is 9.35. The Labute approximate surface area is 316 Å². The lowest BCUT2D eigenvalue weighted by Crippen LogP contribution is -2.52. The first kappa shape index (κ1) is 39.5. The molecule has 11 nitrogen and oxygen atoms in total. The number of nitrogens with one attached hydrogen (secondary N) is 1. The fourth-order valence-corrected chi connectivity index (χ4v) is 7.08. The van der Waals surface area contributed by atoms with Crippen molar-refractivity contribution >= 4 is 41.6 Å². The van der Waals surface area contributed by atoms with Gasteiger partial charge < -0.3 is 24.1 Å². The van der Waals surface area contributed by atoms with Crippen molar-refractivity contribution in [2.45, 2.75) is 44.1 Å². The van der Waals surface area contributed by atoms with Crippen LogP contribution in [0.15, 0.2) is 79.1 Å². The Bertz CT molecular complexity index is 1850. The molecule has 53 heavy (non-hydrogen) atoms. The second-order valence-electron chi connectivity index (χ2n) is 12.6. The number of hydrogen-bond acceptors (Lipinski definition) is 10. The summed E-state index contributed by atoms with van der Waals surface area (Å²) < 4.78 is 37.2. The summed E-state index contributed by atoms with van der Waals surface area (Å²) in [7, 11) is 3.06. The van der Waals surface area contributed by atoms with Crippen molar-refractivity contribution in [2.75, 3.05) is 33.9 Å². The van der Waals surface area contributed by atoms with Gasteiger partial charge in [-0.3, -0.25) is 20.0 Å². The van der Waals surface area contributed by atoms with Crippen molar-refractivity contribution in [3.63, 3.8) is 0 Å². The Morgan fingerprint density at radius 2 is 1.66 bits per heavy atom. The summed E-state index contributed by atoms with van der Waals surface area (Å²) in [5.41, 5.74) is 2.82. The molecular formula is C39H40Cl2FN3O8. The third kappa shape index (κ3) is 10.2. The van der Waals surface area contributed by atoms with Crippen molar-refractivity contribution in [1.29, 1.82) is 0 Å². The fourth-order valence-electron chi connectivity index (χ4n) is 6.56. The Kier molecular flexibility index (Phi) is 14.0. The molecular weight excluding hydrogens is 728 g/mol. The van der Waals surface area contributed by atoms with Crippen LogP contribution in [-0.2, 0) is 32.0 Å². The Hall–Kier alpha value is -4.75. The molecule has 4 aromatic rings. The molecule has 14 heteroatoms. The smallest absolute Gasteiger partial charge is 0.338 e. The van der Waals surface area contributed by atoms with Crippen LogP contribution >= 0.6 is 23.2 Å². The molecule has 0 saturated carbocycles. The lowest BCUT2D eigenvalue weighted by Gasteiger charge is -2.44. The monoisotopic (exact) mass is 767 g/mol. The largest absolute Gasteiger partial charge is 0.493 e. The molecule has 1 aromatic heterocycles. The standard InChI is InChI=1S/C38H38Cl2FN3O6.CH2O2/c1-47-32-11-10-26(17-34(32)48-2)33(18-29-30(39)20-42-21-31(29)40)49-37(45)25-8-6-23(7-9-25)19-43-36(27-4-3-5-28(41)16-27)38(46)50-35-22-44-14-12-24(35)13-15-44;2-1-3/h3-11,16-17,20-21,24,33,35-36,43H,12-15,18-19,22H2,1-2H3;1H,(H,2,3)/t33-,35-,36?;/m0./s1. The van der Waals surface area contributed by atoms with E-state index in [2.05, 4.69) is 15.2 Å². The zero-order valence-corrected chi connectivity index (χ0v) is 30.7. The number of carboxylic acid groups (broad SMARTS) is 1. The maximum atomic E-state index is 14.2. The van der Waals surface area contributed by atoms with Crippen LogP contribution in [0.2, 0.25) is 10.0 Å². The minimum Gasteiger partial charge on any atom is -0.493 e. The minimum absolute atomic E-state index is 0.179. The molecule has 0 radical (unpaired) electrons. The van der Waals surface area contributed by atoms with Gasteiger partial charge in [0.05, 0.1) is 29.8 Å². The molecule has 1 unspecified atom stereocenters. The van der Waals surface area contributed by atoms with Gasteiger partial charge in [0.2, 0.25) is 0 Å². The van der Waals surface area contributed by atoms with E-state index in [1.807, 2.05) is 0 Å². The first-order chi connectivity index (χ1) is 25.6. The first-order valence-corrected chi connectivity index (χ1v) is 17.7. The number of rotatable bonds is 13. The SMILES string of the molecule is COc1ccc([C@H](Cc2c(Cl)cncc2Cl)OC(=O)c2ccc(CNC(C(=O)O[C@H]3CN4CCC3CC4)c3cccc(F)c3)cc2)cc1OC.O=CO. The van der Waals surface area contributed by atoms with Crippen LogP contribution in [0.3, 0.4) is 0 Å². The quantitative estimate of drug-likeness (QED) is 0.109. The number of aromatic nitrogens is 1. The van der Waals surface area contributed by atoms with Gasteiger partial charge in [-0.2, -0.15) is 0 Å². The van der Waals surface area contributed by atoms with Gasteiger partial charge in [-0.05, 0) is 90.5 Å². The molecule has 3 saturated heterocycles. The molecule has 3 aromatic carbocycles. The molecule has 2 bridgehead atoms. The molecule has 2 N–H and O–H groups in total. The molecule has 0 spiro atoms. The Morgan fingerprint density at radius 3 is 2.26 bits per heavy atom. The number of carbonyl (C=O) groups is 3. The summed E-state index contributed by atoms with van der Waals surface area (Å²) in [6.45, 7) is 2.79. The van der Waals surface area contributed by atoms with Gasteiger partial charge in [-0.25, -0.2) is 14.0 Å². The van der Waals surface area contributed by atoms with Gasteiger partial charge in [0.1, 0.15) is 24.1 Å². The van der Waals surface area contributed by atoms with E-state index in [0.29, 0.717) is 49.7 Å². The van der Waals surface area contributed by atoms with E-state index in [1.54, 1.807) is 54.6 Å².